The monoisotopic (exact) mass is 316 g/mol. The highest BCUT2D eigenvalue weighted by molar-refractivity contribution is 6.00. The number of ether oxygens (including phenoxy) is 1. The van der Waals surface area contributed by atoms with Crippen molar-refractivity contribution >= 4 is 17.4 Å². The number of ketones is 1. The van der Waals surface area contributed by atoms with E-state index in [0.29, 0.717) is 17.7 Å². The Labute approximate surface area is 137 Å². The molecule has 0 aromatic heterocycles. The zero-order chi connectivity index (χ0) is 16.7. The Morgan fingerprint density at radius 2 is 1.83 bits per heavy atom. The molecular weight excluding hydrogens is 292 g/mol. The molecule has 0 aliphatic carbocycles. The van der Waals surface area contributed by atoms with Crippen LogP contribution in [-0.4, -0.2) is 49.4 Å². The average Bonchev–Trinajstić information content (AvgIpc) is 2.53. The molecule has 0 radical (unpaired) electrons. The first-order chi connectivity index (χ1) is 11.0. The fourth-order valence-electron chi connectivity index (χ4n) is 2.41. The summed E-state index contributed by atoms with van der Waals surface area (Å²) in [6.07, 6.45) is 2.05. The van der Waals surface area contributed by atoms with Gasteiger partial charge in [-0.05, 0) is 38.1 Å². The molecule has 1 saturated heterocycles. The van der Waals surface area contributed by atoms with E-state index in [9.17, 15) is 9.59 Å². The average molecular weight is 316 g/mol. The number of hydrogen-bond donors (Lipinski definition) is 1. The van der Waals surface area contributed by atoms with Gasteiger partial charge in [-0.15, -0.1) is 0 Å². The molecule has 1 aromatic rings. The van der Waals surface area contributed by atoms with Crippen molar-refractivity contribution in [3.63, 3.8) is 0 Å². The largest absolute Gasteiger partial charge is 0.379 e. The van der Waals surface area contributed by atoms with Gasteiger partial charge in [-0.1, -0.05) is 5.57 Å². The number of morpholine rings is 1. The second-order valence-electron chi connectivity index (χ2n) is 5.92. The van der Waals surface area contributed by atoms with Gasteiger partial charge in [0.1, 0.15) is 0 Å². The molecule has 5 heteroatoms. The van der Waals surface area contributed by atoms with E-state index in [-0.39, 0.29) is 11.7 Å². The number of nitrogens with zero attached hydrogens (tertiary/aromatic N) is 1. The normalized spacial score (nSPS) is 15.0. The zero-order valence-corrected chi connectivity index (χ0v) is 13.8. The summed E-state index contributed by atoms with van der Waals surface area (Å²) < 4.78 is 5.29. The molecule has 0 atom stereocenters. The number of anilines is 1. The number of Topliss-reactive ketones (excluding diaryl/α,β-unsaturated/α-hetero) is 1. The lowest BCUT2D eigenvalue weighted by atomic mass is 10.1. The number of benzene rings is 1. The van der Waals surface area contributed by atoms with Crippen molar-refractivity contribution in [3.8, 4) is 0 Å². The summed E-state index contributed by atoms with van der Waals surface area (Å²) in [5.41, 5.74) is 2.31. The zero-order valence-electron chi connectivity index (χ0n) is 13.8. The van der Waals surface area contributed by atoms with Crippen LogP contribution in [0.3, 0.4) is 0 Å². The minimum atomic E-state index is -0.156. The van der Waals surface area contributed by atoms with Gasteiger partial charge in [0.15, 0.2) is 5.78 Å². The molecular formula is C18H24N2O3. The Balaban J connectivity index is 1.84. The van der Waals surface area contributed by atoms with E-state index in [2.05, 4.69) is 10.2 Å². The van der Waals surface area contributed by atoms with Crippen molar-refractivity contribution in [3.05, 3.63) is 41.5 Å². The van der Waals surface area contributed by atoms with Gasteiger partial charge >= 0.3 is 0 Å². The number of allylic oxidation sites excluding steroid dienone is 1. The maximum atomic E-state index is 12.2. The van der Waals surface area contributed by atoms with Crippen molar-refractivity contribution in [1.29, 1.82) is 0 Å². The van der Waals surface area contributed by atoms with E-state index in [1.807, 2.05) is 13.8 Å². The first-order valence-electron chi connectivity index (χ1n) is 7.94. The number of rotatable bonds is 6. The lowest BCUT2D eigenvalue weighted by Gasteiger charge is -2.26. The van der Waals surface area contributed by atoms with E-state index in [0.717, 1.165) is 38.4 Å². The molecule has 0 unspecified atom stereocenters. The molecule has 1 aromatic carbocycles. The van der Waals surface area contributed by atoms with E-state index < -0.39 is 0 Å². The SMILES string of the molecule is CC(C)=CC(=O)Nc1ccc(C(=O)CCN2CCOCC2)cc1. The van der Waals surface area contributed by atoms with Crippen molar-refractivity contribution in [2.75, 3.05) is 38.2 Å². The van der Waals surface area contributed by atoms with Crippen molar-refractivity contribution in [1.82, 2.24) is 4.90 Å². The molecule has 1 heterocycles. The summed E-state index contributed by atoms with van der Waals surface area (Å²) in [4.78, 5) is 26.1. The number of carbonyl (C=O) groups is 2. The molecule has 5 nitrogen and oxygen atoms in total. The quantitative estimate of drug-likeness (QED) is 0.647. The number of carbonyl (C=O) groups excluding carboxylic acids is 2. The summed E-state index contributed by atoms with van der Waals surface area (Å²) in [5.74, 6) is -0.0324. The molecule has 2 rings (SSSR count). The fraction of sp³-hybridized carbons (Fsp3) is 0.444. The van der Waals surface area contributed by atoms with Crippen LogP contribution in [0.2, 0.25) is 0 Å². The third-order valence-corrected chi connectivity index (χ3v) is 3.65. The molecule has 1 N–H and O–H groups in total. The third-order valence-electron chi connectivity index (χ3n) is 3.65. The van der Waals surface area contributed by atoms with Gasteiger partial charge in [-0.3, -0.25) is 14.5 Å². The van der Waals surface area contributed by atoms with E-state index >= 15 is 0 Å². The summed E-state index contributed by atoms with van der Waals surface area (Å²) in [5, 5.41) is 2.77. The van der Waals surface area contributed by atoms with E-state index in [4.69, 9.17) is 4.74 Å². The smallest absolute Gasteiger partial charge is 0.248 e. The molecule has 124 valence electrons. The predicted octanol–water partition coefficient (Wildman–Crippen LogP) is 2.50. The van der Waals surface area contributed by atoms with Crippen molar-refractivity contribution < 1.29 is 14.3 Å². The second-order valence-corrected chi connectivity index (χ2v) is 5.92. The van der Waals surface area contributed by atoms with Gasteiger partial charge < -0.3 is 10.1 Å². The maximum absolute atomic E-state index is 12.2. The topological polar surface area (TPSA) is 58.6 Å². The van der Waals surface area contributed by atoms with Crippen LogP contribution < -0.4 is 5.32 Å². The van der Waals surface area contributed by atoms with Crippen LogP contribution in [0.15, 0.2) is 35.9 Å². The highest BCUT2D eigenvalue weighted by atomic mass is 16.5. The minimum absolute atomic E-state index is 0.124. The number of amides is 1. The van der Waals surface area contributed by atoms with Crippen LogP contribution in [0.25, 0.3) is 0 Å². The molecule has 0 bridgehead atoms. The first kappa shape index (κ1) is 17.4. The third kappa shape index (κ3) is 5.96. The van der Waals surface area contributed by atoms with Crippen molar-refractivity contribution in [2.45, 2.75) is 20.3 Å². The van der Waals surface area contributed by atoms with Crippen LogP contribution in [0.1, 0.15) is 30.6 Å². The van der Waals surface area contributed by atoms with Gasteiger partial charge in [-0.2, -0.15) is 0 Å². The Bertz CT molecular complexity index is 568. The van der Waals surface area contributed by atoms with Gasteiger partial charge in [0, 0.05) is 43.4 Å². The molecule has 1 fully saturated rings. The van der Waals surface area contributed by atoms with Crippen LogP contribution in [0.5, 0.6) is 0 Å². The van der Waals surface area contributed by atoms with Gasteiger partial charge in [0.05, 0.1) is 13.2 Å². The lowest BCUT2D eigenvalue weighted by Crippen LogP contribution is -2.37. The van der Waals surface area contributed by atoms with E-state index in [1.165, 1.54) is 0 Å². The van der Waals surface area contributed by atoms with Gasteiger partial charge in [0.25, 0.3) is 0 Å². The standard InChI is InChI=1S/C18H24N2O3/c1-14(2)13-18(22)19-16-5-3-15(4-6-16)17(21)7-8-20-9-11-23-12-10-20/h3-6,13H,7-12H2,1-2H3,(H,19,22). The number of nitrogens with one attached hydrogen (secondary N) is 1. The summed E-state index contributed by atoms with van der Waals surface area (Å²) in [7, 11) is 0. The predicted molar refractivity (Wildman–Crippen MR) is 90.7 cm³/mol. The lowest BCUT2D eigenvalue weighted by molar-refractivity contribution is -0.111. The molecule has 0 saturated carbocycles. The molecule has 1 aliphatic rings. The first-order valence-corrected chi connectivity index (χ1v) is 7.94. The van der Waals surface area contributed by atoms with Crippen LogP contribution in [-0.2, 0) is 9.53 Å². The van der Waals surface area contributed by atoms with Crippen molar-refractivity contribution in [2.24, 2.45) is 0 Å². The second kappa shape index (κ2) is 8.60. The Kier molecular flexibility index (Phi) is 6.50. The summed E-state index contributed by atoms with van der Waals surface area (Å²) in [6, 6.07) is 7.05. The van der Waals surface area contributed by atoms with Gasteiger partial charge in [-0.25, -0.2) is 0 Å². The Morgan fingerprint density at radius 1 is 1.17 bits per heavy atom. The molecule has 0 spiro atoms. The van der Waals surface area contributed by atoms with E-state index in [1.54, 1.807) is 30.3 Å². The van der Waals surface area contributed by atoms with Crippen LogP contribution in [0.4, 0.5) is 5.69 Å². The van der Waals surface area contributed by atoms with Crippen LogP contribution in [0, 0.1) is 0 Å². The van der Waals surface area contributed by atoms with Gasteiger partial charge in [0.2, 0.25) is 5.91 Å². The maximum Gasteiger partial charge on any atom is 0.248 e. The summed E-state index contributed by atoms with van der Waals surface area (Å²) in [6.45, 7) is 7.78. The molecule has 1 amide bonds. The highest BCUT2D eigenvalue weighted by Gasteiger charge is 2.13. The Morgan fingerprint density at radius 3 is 2.43 bits per heavy atom. The molecule has 1 aliphatic heterocycles. The summed E-state index contributed by atoms with van der Waals surface area (Å²) >= 11 is 0. The highest BCUT2D eigenvalue weighted by Crippen LogP contribution is 2.12. The van der Waals surface area contributed by atoms with Crippen LogP contribution >= 0.6 is 0 Å². The minimum Gasteiger partial charge on any atom is -0.379 e. The molecule has 23 heavy (non-hydrogen) atoms. The fourth-order valence-corrected chi connectivity index (χ4v) is 2.41. The number of hydrogen-bond acceptors (Lipinski definition) is 4. The Hall–Kier alpha value is -1.98.